The molecule has 13 nitrogen and oxygen atoms in total. The molecule has 4 saturated carbocycles. The zero-order chi connectivity index (χ0) is 35.2. The Hall–Kier alpha value is -4.78. The minimum atomic E-state index is -1.43. The van der Waals surface area contributed by atoms with Gasteiger partial charge >= 0.3 is 18.0 Å². The van der Waals surface area contributed by atoms with Crippen molar-refractivity contribution in [3.05, 3.63) is 59.7 Å². The highest BCUT2D eigenvalue weighted by atomic mass is 16.4. The fourth-order valence-electron chi connectivity index (χ4n) is 8.62. The lowest BCUT2D eigenvalue weighted by Crippen LogP contribution is -2.63. The molecule has 1 atom stereocenters. The molecule has 7 amide bonds. The molecule has 1 aliphatic heterocycles. The predicted octanol–water partition coefficient (Wildman–Crippen LogP) is 4.16. The molecule has 5 fully saturated rings. The third kappa shape index (κ3) is 6.76. The number of amides is 7. The fraction of sp³-hybridized carbons (Fsp3) is 0.500. The number of nitrogens with one attached hydrogen (secondary N) is 2. The summed E-state index contributed by atoms with van der Waals surface area (Å²) < 4.78 is 0. The first-order chi connectivity index (χ1) is 23.2. The summed E-state index contributed by atoms with van der Waals surface area (Å²) in [6, 6.07) is 11.3. The molecule has 0 aromatic heterocycles. The Labute approximate surface area is 285 Å². The number of carboxylic acid groups (broad SMARTS) is 1. The molecule has 1 heterocycles. The molecule has 4 bridgehead atoms. The number of aryl methyl sites for hydroxylation is 1. The standard InChI is InChI=1S/C36H44N6O7/c1-20-6-4-5-7-28(20)39-34(48)38-26-10-8-21(9-11-26)18-41-35(49)40(33(47)36(41,2)3)19-29(43)42(32(46)27(37)17-30(44)45)31-24-13-22-12-23(15-24)16-25(31)14-22/h4-11,22-25,27,31H,12-19,37H2,1-3H3,(H,44,45)(H2,38,39,48)/t22?,23?,24?,25?,27-,31?/m0/s1. The van der Waals surface area contributed by atoms with Crippen LogP contribution in [0.1, 0.15) is 63.5 Å². The van der Waals surface area contributed by atoms with Gasteiger partial charge in [0.15, 0.2) is 0 Å². The first kappa shape index (κ1) is 34.1. The van der Waals surface area contributed by atoms with E-state index in [9.17, 15) is 33.9 Å². The zero-order valence-electron chi connectivity index (χ0n) is 28.1. The van der Waals surface area contributed by atoms with E-state index in [2.05, 4.69) is 10.6 Å². The molecule has 49 heavy (non-hydrogen) atoms. The number of urea groups is 2. The van der Waals surface area contributed by atoms with Crippen LogP contribution < -0.4 is 16.4 Å². The van der Waals surface area contributed by atoms with Crippen LogP contribution in [0.25, 0.3) is 0 Å². The van der Waals surface area contributed by atoms with Crippen molar-refractivity contribution in [2.45, 2.75) is 83.5 Å². The lowest BCUT2D eigenvalue weighted by molar-refractivity contribution is -0.161. The number of hydrogen-bond donors (Lipinski definition) is 4. The Balaban J connectivity index is 1.15. The van der Waals surface area contributed by atoms with Gasteiger partial charge in [-0.25, -0.2) is 9.59 Å². The average Bonchev–Trinajstić information content (AvgIpc) is 3.18. The van der Waals surface area contributed by atoms with Crippen molar-refractivity contribution in [1.29, 1.82) is 0 Å². The minimum absolute atomic E-state index is 0.0552. The summed E-state index contributed by atoms with van der Waals surface area (Å²) in [5, 5.41) is 14.9. The Morgan fingerprint density at radius 3 is 2.14 bits per heavy atom. The van der Waals surface area contributed by atoms with Crippen LogP contribution >= 0.6 is 0 Å². The number of nitrogens with zero attached hydrogens (tertiary/aromatic N) is 3. The summed E-state index contributed by atoms with van der Waals surface area (Å²) in [6.07, 6.45) is 4.07. The molecule has 13 heteroatoms. The van der Waals surface area contributed by atoms with Gasteiger partial charge in [0.1, 0.15) is 12.1 Å². The number of hydrogen-bond acceptors (Lipinski definition) is 7. The van der Waals surface area contributed by atoms with E-state index in [0.29, 0.717) is 28.8 Å². The molecular weight excluding hydrogens is 628 g/mol. The second kappa shape index (κ2) is 13.3. The van der Waals surface area contributed by atoms with Crippen molar-refractivity contribution in [2.75, 3.05) is 17.2 Å². The van der Waals surface area contributed by atoms with Gasteiger partial charge in [-0.1, -0.05) is 30.3 Å². The zero-order valence-corrected chi connectivity index (χ0v) is 28.1. The van der Waals surface area contributed by atoms with E-state index in [4.69, 9.17) is 5.73 Å². The number of carbonyl (C=O) groups excluding carboxylic acids is 5. The summed E-state index contributed by atoms with van der Waals surface area (Å²) in [5.41, 5.74) is 7.57. The Kier molecular flexibility index (Phi) is 9.23. The number of carboxylic acids is 1. The second-order valence-corrected chi connectivity index (χ2v) is 14.6. The SMILES string of the molecule is Cc1ccccc1NC(=O)Nc1ccc(CN2C(=O)N(CC(=O)N(C(=O)[C@@H](N)CC(=O)O)C3C4CC5CC(C4)CC3C5)C(=O)C2(C)C)cc1. The highest BCUT2D eigenvalue weighted by Gasteiger charge is 2.55. The highest BCUT2D eigenvalue weighted by molar-refractivity contribution is 6.10. The van der Waals surface area contributed by atoms with E-state index in [1.807, 2.05) is 25.1 Å². The normalized spacial score (nSPS) is 25.7. The maximum Gasteiger partial charge on any atom is 0.328 e. The first-order valence-electron chi connectivity index (χ1n) is 16.9. The lowest BCUT2D eigenvalue weighted by atomic mass is 9.53. The van der Waals surface area contributed by atoms with Crippen LogP contribution in [0.2, 0.25) is 0 Å². The molecule has 0 unspecified atom stereocenters. The van der Waals surface area contributed by atoms with E-state index in [1.54, 1.807) is 44.2 Å². The van der Waals surface area contributed by atoms with Crippen LogP contribution in [0.15, 0.2) is 48.5 Å². The summed E-state index contributed by atoms with van der Waals surface area (Å²) in [5.74, 6) is -2.05. The van der Waals surface area contributed by atoms with Crippen LogP contribution in [0.4, 0.5) is 21.0 Å². The summed E-state index contributed by atoms with van der Waals surface area (Å²) in [6.45, 7) is 4.51. The van der Waals surface area contributed by atoms with Crippen LogP contribution in [0.5, 0.6) is 0 Å². The van der Waals surface area contributed by atoms with E-state index >= 15 is 0 Å². The van der Waals surface area contributed by atoms with Crippen molar-refractivity contribution in [2.24, 2.45) is 29.4 Å². The average molecular weight is 673 g/mol. The number of para-hydroxylation sites is 1. The van der Waals surface area contributed by atoms with E-state index in [-0.39, 0.29) is 18.4 Å². The largest absolute Gasteiger partial charge is 0.481 e. The van der Waals surface area contributed by atoms with Crippen molar-refractivity contribution in [3.8, 4) is 0 Å². The first-order valence-corrected chi connectivity index (χ1v) is 16.9. The number of nitrogens with two attached hydrogens (primary N) is 1. The van der Waals surface area contributed by atoms with Crippen molar-refractivity contribution < 1.29 is 33.9 Å². The summed E-state index contributed by atoms with van der Waals surface area (Å²) in [7, 11) is 0. The van der Waals surface area contributed by atoms with Gasteiger partial charge in [-0.15, -0.1) is 0 Å². The van der Waals surface area contributed by atoms with Gasteiger partial charge in [0.2, 0.25) is 11.8 Å². The smallest absolute Gasteiger partial charge is 0.328 e. The minimum Gasteiger partial charge on any atom is -0.481 e. The van der Waals surface area contributed by atoms with Gasteiger partial charge < -0.3 is 26.4 Å². The number of rotatable bonds is 10. The quantitative estimate of drug-likeness (QED) is 0.271. The van der Waals surface area contributed by atoms with Gasteiger partial charge in [0.25, 0.3) is 5.91 Å². The molecular formula is C36H44N6O7. The molecule has 0 radical (unpaired) electrons. The molecule has 2 aromatic carbocycles. The van der Waals surface area contributed by atoms with Crippen LogP contribution in [-0.4, -0.2) is 79.7 Å². The topological polar surface area (TPSA) is 182 Å². The van der Waals surface area contributed by atoms with Crippen LogP contribution in [0, 0.1) is 30.6 Å². The third-order valence-corrected chi connectivity index (χ3v) is 10.8. The van der Waals surface area contributed by atoms with E-state index < -0.39 is 66.3 Å². The Morgan fingerprint density at radius 1 is 0.939 bits per heavy atom. The summed E-state index contributed by atoms with van der Waals surface area (Å²) >= 11 is 0. The van der Waals surface area contributed by atoms with Gasteiger partial charge in [0, 0.05) is 24.0 Å². The van der Waals surface area contributed by atoms with Gasteiger partial charge in [-0.05, 0) is 106 Å². The maximum atomic E-state index is 14.1. The van der Waals surface area contributed by atoms with Gasteiger partial charge in [0.05, 0.1) is 12.5 Å². The maximum absolute atomic E-state index is 14.1. The third-order valence-electron chi connectivity index (χ3n) is 10.8. The van der Waals surface area contributed by atoms with E-state index in [1.165, 1.54) is 4.90 Å². The molecule has 7 rings (SSSR count). The molecule has 5 aliphatic rings. The predicted molar refractivity (Wildman–Crippen MR) is 180 cm³/mol. The molecule has 4 aliphatic carbocycles. The number of aliphatic carboxylic acids is 1. The fourth-order valence-corrected chi connectivity index (χ4v) is 8.62. The molecule has 260 valence electrons. The highest BCUT2D eigenvalue weighted by Crippen LogP contribution is 2.55. The van der Waals surface area contributed by atoms with Crippen LogP contribution in [-0.2, 0) is 25.7 Å². The number of carbonyl (C=O) groups is 6. The number of anilines is 2. The molecule has 2 aromatic rings. The van der Waals surface area contributed by atoms with Crippen molar-refractivity contribution >= 4 is 47.1 Å². The molecule has 5 N–H and O–H groups in total. The number of benzene rings is 2. The monoisotopic (exact) mass is 672 g/mol. The number of imide groups is 2. The Morgan fingerprint density at radius 2 is 1.55 bits per heavy atom. The molecule has 0 spiro atoms. The second-order valence-electron chi connectivity index (χ2n) is 14.6. The Bertz CT molecular complexity index is 1650. The lowest BCUT2D eigenvalue weighted by Gasteiger charge is -2.56. The van der Waals surface area contributed by atoms with Gasteiger partial charge in [-0.2, -0.15) is 0 Å². The van der Waals surface area contributed by atoms with E-state index in [0.717, 1.165) is 47.5 Å². The van der Waals surface area contributed by atoms with Crippen molar-refractivity contribution in [3.63, 3.8) is 0 Å². The summed E-state index contributed by atoms with van der Waals surface area (Å²) in [4.78, 5) is 82.6. The van der Waals surface area contributed by atoms with Crippen molar-refractivity contribution in [1.82, 2.24) is 14.7 Å². The molecule has 1 saturated heterocycles. The van der Waals surface area contributed by atoms with Crippen LogP contribution in [0.3, 0.4) is 0 Å². The van der Waals surface area contributed by atoms with Gasteiger partial charge in [-0.3, -0.25) is 29.0 Å².